The molecular formula is C24H24Cl2N2O5. The van der Waals surface area contributed by atoms with Crippen molar-refractivity contribution in [3.05, 3.63) is 62.6 Å². The van der Waals surface area contributed by atoms with E-state index >= 15 is 0 Å². The largest absolute Gasteiger partial charge is 0.454 e. The van der Waals surface area contributed by atoms with Gasteiger partial charge in [-0.2, -0.15) is 0 Å². The van der Waals surface area contributed by atoms with Gasteiger partial charge < -0.3 is 10.1 Å². The lowest BCUT2D eigenvalue weighted by Crippen LogP contribution is -2.36. The summed E-state index contributed by atoms with van der Waals surface area (Å²) in [5.41, 5.74) is 2.78. The number of benzene rings is 2. The van der Waals surface area contributed by atoms with Crippen molar-refractivity contribution in [3.63, 3.8) is 0 Å². The highest BCUT2D eigenvalue weighted by Crippen LogP contribution is 2.33. The Morgan fingerprint density at radius 3 is 1.88 bits per heavy atom. The smallest absolute Gasteiger partial charge is 0.326 e. The molecule has 0 radical (unpaired) electrons. The first-order valence-corrected chi connectivity index (χ1v) is 11.2. The summed E-state index contributed by atoms with van der Waals surface area (Å²) in [5, 5.41) is 3.09. The Bertz CT molecular complexity index is 1080. The first-order chi connectivity index (χ1) is 15.5. The predicted molar refractivity (Wildman–Crippen MR) is 126 cm³/mol. The van der Waals surface area contributed by atoms with Crippen LogP contribution in [0.4, 0.5) is 5.69 Å². The Labute approximate surface area is 202 Å². The third-order valence-electron chi connectivity index (χ3n) is 5.30. The lowest BCUT2D eigenvalue weighted by atomic mass is 9.92. The molecule has 3 amide bonds. The number of carbonyl (C=O) groups is 4. The van der Waals surface area contributed by atoms with Crippen molar-refractivity contribution in [1.29, 1.82) is 0 Å². The van der Waals surface area contributed by atoms with Crippen LogP contribution in [0.3, 0.4) is 0 Å². The molecule has 0 aliphatic carbocycles. The minimum Gasteiger partial charge on any atom is -0.454 e. The van der Waals surface area contributed by atoms with Crippen LogP contribution in [0, 0.1) is 0 Å². The van der Waals surface area contributed by atoms with Crippen molar-refractivity contribution >= 4 is 52.6 Å². The van der Waals surface area contributed by atoms with Crippen LogP contribution >= 0.6 is 23.2 Å². The second kappa shape index (κ2) is 9.93. The number of rotatable bonds is 7. The zero-order chi connectivity index (χ0) is 24.4. The monoisotopic (exact) mass is 490 g/mol. The maximum atomic E-state index is 12.5. The van der Waals surface area contributed by atoms with Gasteiger partial charge in [0, 0.05) is 5.69 Å². The average Bonchev–Trinajstić information content (AvgIpc) is 2.96. The number of hydrogen-bond acceptors (Lipinski definition) is 5. The summed E-state index contributed by atoms with van der Waals surface area (Å²) in [6, 6.07) is 8.41. The van der Waals surface area contributed by atoms with Crippen LogP contribution in [0.25, 0.3) is 0 Å². The maximum Gasteiger partial charge on any atom is 0.326 e. The summed E-state index contributed by atoms with van der Waals surface area (Å²) >= 11 is 11.8. The fourth-order valence-electron chi connectivity index (χ4n) is 3.62. The summed E-state index contributed by atoms with van der Waals surface area (Å²) < 4.78 is 5.03. The zero-order valence-electron chi connectivity index (χ0n) is 18.7. The van der Waals surface area contributed by atoms with E-state index in [1.807, 2.05) is 45.9 Å². The van der Waals surface area contributed by atoms with Gasteiger partial charge in [0.25, 0.3) is 17.7 Å². The quantitative estimate of drug-likeness (QED) is 0.434. The van der Waals surface area contributed by atoms with E-state index in [2.05, 4.69) is 5.32 Å². The van der Waals surface area contributed by atoms with Crippen molar-refractivity contribution in [2.45, 2.75) is 39.5 Å². The molecule has 2 aromatic rings. The molecule has 0 saturated carbocycles. The van der Waals surface area contributed by atoms with Gasteiger partial charge >= 0.3 is 5.97 Å². The minimum absolute atomic E-state index is 0.0615. The number of imide groups is 1. The summed E-state index contributed by atoms with van der Waals surface area (Å²) in [6.45, 7) is 6.92. The predicted octanol–water partition coefficient (Wildman–Crippen LogP) is 5.02. The molecule has 0 aromatic heterocycles. The highest BCUT2D eigenvalue weighted by Gasteiger charge is 2.37. The van der Waals surface area contributed by atoms with Crippen LogP contribution in [-0.2, 0) is 14.3 Å². The molecule has 1 aliphatic rings. The topological polar surface area (TPSA) is 92.8 Å². The molecule has 0 spiro atoms. The normalized spacial score (nSPS) is 13.0. The minimum atomic E-state index is -0.891. The molecule has 0 saturated heterocycles. The molecule has 0 atom stereocenters. The summed E-state index contributed by atoms with van der Waals surface area (Å²) in [4.78, 5) is 50.5. The van der Waals surface area contributed by atoms with Crippen molar-refractivity contribution in [2.75, 3.05) is 18.5 Å². The van der Waals surface area contributed by atoms with E-state index in [0.29, 0.717) is 5.69 Å². The molecule has 33 heavy (non-hydrogen) atoms. The number of carbonyl (C=O) groups excluding carboxylic acids is 4. The van der Waals surface area contributed by atoms with Gasteiger partial charge in [-0.05, 0) is 35.1 Å². The zero-order valence-corrected chi connectivity index (χ0v) is 20.2. The maximum absolute atomic E-state index is 12.5. The van der Waals surface area contributed by atoms with E-state index in [-0.39, 0.29) is 33.0 Å². The van der Waals surface area contributed by atoms with Gasteiger partial charge in [0.2, 0.25) is 0 Å². The molecule has 0 fully saturated rings. The van der Waals surface area contributed by atoms with Crippen LogP contribution in [0.5, 0.6) is 0 Å². The Morgan fingerprint density at radius 2 is 1.42 bits per heavy atom. The van der Waals surface area contributed by atoms with Crippen molar-refractivity contribution < 1.29 is 23.9 Å². The van der Waals surface area contributed by atoms with Crippen molar-refractivity contribution in [3.8, 4) is 0 Å². The molecule has 0 unspecified atom stereocenters. The summed E-state index contributed by atoms with van der Waals surface area (Å²) in [6.07, 6.45) is 0. The third kappa shape index (κ3) is 5.20. The second-order valence-corrected chi connectivity index (χ2v) is 9.15. The highest BCUT2D eigenvalue weighted by atomic mass is 35.5. The van der Waals surface area contributed by atoms with Gasteiger partial charge in [0.15, 0.2) is 6.61 Å². The number of fused-ring (bicyclic) bond motifs is 1. The third-order valence-corrected chi connectivity index (χ3v) is 6.02. The van der Waals surface area contributed by atoms with E-state index < -0.39 is 36.8 Å². The lowest BCUT2D eigenvalue weighted by Gasteiger charge is -2.20. The molecule has 1 heterocycles. The van der Waals surface area contributed by atoms with Crippen LogP contribution in [0.15, 0.2) is 30.3 Å². The number of hydrogen-bond donors (Lipinski definition) is 1. The number of ether oxygens (including phenoxy) is 1. The van der Waals surface area contributed by atoms with E-state index in [9.17, 15) is 19.2 Å². The van der Waals surface area contributed by atoms with Gasteiger partial charge in [0.05, 0.1) is 21.2 Å². The molecule has 2 aromatic carbocycles. The first-order valence-electron chi connectivity index (χ1n) is 10.4. The second-order valence-electron chi connectivity index (χ2n) is 8.34. The number of para-hydroxylation sites is 1. The molecule has 9 heteroatoms. The fourth-order valence-corrected chi connectivity index (χ4v) is 3.95. The van der Waals surface area contributed by atoms with Gasteiger partial charge in [-0.3, -0.25) is 24.1 Å². The standard InChI is InChI=1S/C24H24Cl2N2O5/c1-12(2)14-6-5-7-15(13(3)4)22(14)27-20(29)11-33-21(30)10-28-23(31)16-8-18(25)19(26)9-17(16)24(28)32/h5-9,12-13H,10-11H2,1-4H3,(H,27,29). The Hall–Kier alpha value is -2.90. The molecule has 1 aliphatic heterocycles. The number of nitrogens with one attached hydrogen (secondary N) is 1. The Kier molecular flexibility index (Phi) is 7.44. The van der Waals surface area contributed by atoms with E-state index in [1.54, 1.807) is 0 Å². The number of esters is 1. The van der Waals surface area contributed by atoms with Gasteiger partial charge in [-0.15, -0.1) is 0 Å². The van der Waals surface area contributed by atoms with Gasteiger partial charge in [-0.25, -0.2) is 0 Å². The van der Waals surface area contributed by atoms with E-state index in [4.69, 9.17) is 27.9 Å². The number of amides is 3. The molecule has 0 bridgehead atoms. The highest BCUT2D eigenvalue weighted by molar-refractivity contribution is 6.43. The van der Waals surface area contributed by atoms with Crippen LogP contribution in [0.1, 0.15) is 71.4 Å². The number of nitrogens with zero attached hydrogens (tertiary/aromatic N) is 1. The van der Waals surface area contributed by atoms with Crippen LogP contribution < -0.4 is 5.32 Å². The lowest BCUT2D eigenvalue weighted by molar-refractivity contribution is -0.147. The van der Waals surface area contributed by atoms with Gasteiger partial charge in [0.1, 0.15) is 6.54 Å². The fraction of sp³-hybridized carbons (Fsp3) is 0.333. The Balaban J connectivity index is 1.64. The van der Waals surface area contributed by atoms with Crippen LogP contribution in [0.2, 0.25) is 10.0 Å². The molecule has 174 valence electrons. The SMILES string of the molecule is CC(C)c1cccc(C(C)C)c1NC(=O)COC(=O)CN1C(=O)c2cc(Cl)c(Cl)cc2C1=O. The van der Waals surface area contributed by atoms with E-state index in [0.717, 1.165) is 16.0 Å². The Morgan fingerprint density at radius 1 is 0.939 bits per heavy atom. The first kappa shape index (κ1) is 24.7. The molecular weight excluding hydrogens is 467 g/mol. The number of anilines is 1. The molecule has 3 rings (SSSR count). The molecule has 1 N–H and O–H groups in total. The summed E-state index contributed by atoms with van der Waals surface area (Å²) in [7, 11) is 0. The summed E-state index contributed by atoms with van der Waals surface area (Å²) in [5.74, 6) is -2.41. The van der Waals surface area contributed by atoms with Crippen molar-refractivity contribution in [2.24, 2.45) is 0 Å². The molecule has 7 nitrogen and oxygen atoms in total. The van der Waals surface area contributed by atoms with E-state index in [1.165, 1.54) is 12.1 Å². The number of halogens is 2. The average molecular weight is 491 g/mol. The van der Waals surface area contributed by atoms with Crippen LogP contribution in [-0.4, -0.2) is 41.7 Å². The van der Waals surface area contributed by atoms with Crippen molar-refractivity contribution in [1.82, 2.24) is 4.90 Å². The van der Waals surface area contributed by atoms with Gasteiger partial charge in [-0.1, -0.05) is 69.1 Å².